The molecule has 4 aromatic rings. The zero-order valence-corrected chi connectivity index (χ0v) is 16.6. The van der Waals surface area contributed by atoms with Gasteiger partial charge in [-0.1, -0.05) is 30.0 Å². The number of aliphatic hydroxyl groups excluding tert-OH is 1. The summed E-state index contributed by atoms with van der Waals surface area (Å²) in [4.78, 5) is 1.99. The lowest BCUT2D eigenvalue weighted by Crippen LogP contribution is -1.99. The Bertz CT molecular complexity index is 1150. The van der Waals surface area contributed by atoms with Crippen molar-refractivity contribution in [3.63, 3.8) is 0 Å². The molecule has 0 amide bonds. The van der Waals surface area contributed by atoms with Crippen molar-refractivity contribution in [3.8, 4) is 0 Å². The minimum absolute atomic E-state index is 0.0334. The number of hydrogen-bond donors (Lipinski definition) is 2. The Morgan fingerprint density at radius 2 is 1.72 bits per heavy atom. The van der Waals surface area contributed by atoms with Gasteiger partial charge in [-0.25, -0.2) is 8.78 Å². The van der Waals surface area contributed by atoms with Gasteiger partial charge in [0.2, 0.25) is 0 Å². The third-order valence-electron chi connectivity index (χ3n) is 4.77. The molecule has 0 saturated carbocycles. The second-order valence-electron chi connectivity index (χ2n) is 6.75. The van der Waals surface area contributed by atoms with Crippen LogP contribution >= 0.6 is 11.8 Å². The van der Waals surface area contributed by atoms with Gasteiger partial charge < -0.3 is 15.0 Å². The van der Waals surface area contributed by atoms with E-state index in [0.717, 1.165) is 38.0 Å². The molecule has 0 radical (unpaired) electrons. The largest absolute Gasteiger partial charge is 0.392 e. The van der Waals surface area contributed by atoms with Crippen molar-refractivity contribution in [2.45, 2.75) is 22.9 Å². The topological polar surface area (TPSA) is 37.2 Å². The molecule has 2 N–H and O–H groups in total. The number of fused-ring (bicyclic) bond motifs is 1. The van der Waals surface area contributed by atoms with Crippen LogP contribution in [0.1, 0.15) is 11.1 Å². The van der Waals surface area contributed by atoms with Gasteiger partial charge in [-0.15, -0.1) is 0 Å². The SMILES string of the molecule is CNc1ccc2c(Sc3ccccc3CO)cn(Cc3cc(F)cc(F)c3)c2c1. The first-order chi connectivity index (χ1) is 14.1. The fourth-order valence-corrected chi connectivity index (χ4v) is 4.49. The summed E-state index contributed by atoms with van der Waals surface area (Å²) < 4.78 is 29.3. The third-order valence-corrected chi connectivity index (χ3v) is 5.94. The molecule has 0 bridgehead atoms. The number of benzene rings is 3. The molecule has 148 valence electrons. The molecule has 3 nitrogen and oxygen atoms in total. The van der Waals surface area contributed by atoms with E-state index in [1.807, 2.05) is 60.3 Å². The molecule has 1 aromatic heterocycles. The molecule has 0 atom stereocenters. The highest BCUT2D eigenvalue weighted by molar-refractivity contribution is 7.99. The monoisotopic (exact) mass is 410 g/mol. The molecule has 0 aliphatic rings. The molecule has 1 heterocycles. The Balaban J connectivity index is 1.79. The molecule has 6 heteroatoms. The molecule has 0 aliphatic heterocycles. The predicted octanol–water partition coefficient (Wildman–Crippen LogP) is 5.65. The van der Waals surface area contributed by atoms with Gasteiger partial charge in [0.15, 0.2) is 0 Å². The summed E-state index contributed by atoms with van der Waals surface area (Å²) in [6.45, 7) is 0.314. The number of aromatic nitrogens is 1. The first-order valence-corrected chi connectivity index (χ1v) is 10.0. The average molecular weight is 410 g/mol. The quantitative estimate of drug-likeness (QED) is 0.431. The van der Waals surface area contributed by atoms with E-state index in [0.29, 0.717) is 12.1 Å². The van der Waals surface area contributed by atoms with E-state index in [1.54, 1.807) is 11.8 Å². The Labute approximate surface area is 172 Å². The van der Waals surface area contributed by atoms with E-state index >= 15 is 0 Å². The molecule has 0 fully saturated rings. The van der Waals surface area contributed by atoms with Crippen molar-refractivity contribution >= 4 is 28.4 Å². The van der Waals surface area contributed by atoms with Gasteiger partial charge in [-0.2, -0.15) is 0 Å². The third kappa shape index (κ3) is 4.13. The van der Waals surface area contributed by atoms with Crippen molar-refractivity contribution in [1.82, 2.24) is 4.57 Å². The van der Waals surface area contributed by atoms with Crippen molar-refractivity contribution in [1.29, 1.82) is 0 Å². The number of rotatable bonds is 6. The molecule has 0 aliphatic carbocycles. The number of nitrogens with zero attached hydrogens (tertiary/aromatic N) is 1. The highest BCUT2D eigenvalue weighted by atomic mass is 32.2. The Hall–Kier alpha value is -2.83. The summed E-state index contributed by atoms with van der Waals surface area (Å²) >= 11 is 1.57. The molecule has 0 unspecified atom stereocenters. The normalized spacial score (nSPS) is 11.2. The minimum atomic E-state index is -0.584. The lowest BCUT2D eigenvalue weighted by molar-refractivity contribution is 0.279. The van der Waals surface area contributed by atoms with Crippen LogP contribution in [0.4, 0.5) is 14.5 Å². The smallest absolute Gasteiger partial charge is 0.126 e. The second kappa shape index (κ2) is 8.27. The van der Waals surface area contributed by atoms with Gasteiger partial charge in [-0.3, -0.25) is 0 Å². The lowest BCUT2D eigenvalue weighted by Gasteiger charge is -2.07. The molecular weight excluding hydrogens is 390 g/mol. The fourth-order valence-electron chi connectivity index (χ4n) is 3.38. The average Bonchev–Trinajstić information content (AvgIpc) is 3.04. The van der Waals surface area contributed by atoms with Gasteiger partial charge in [-0.05, 0) is 47.5 Å². The van der Waals surface area contributed by atoms with Crippen molar-refractivity contribution < 1.29 is 13.9 Å². The van der Waals surface area contributed by atoms with E-state index in [-0.39, 0.29) is 6.61 Å². The molecule has 4 rings (SSSR count). The minimum Gasteiger partial charge on any atom is -0.392 e. The van der Waals surface area contributed by atoms with E-state index in [9.17, 15) is 13.9 Å². The maximum absolute atomic E-state index is 13.7. The van der Waals surface area contributed by atoms with Crippen LogP contribution in [0.3, 0.4) is 0 Å². The van der Waals surface area contributed by atoms with Crippen LogP contribution < -0.4 is 5.32 Å². The Morgan fingerprint density at radius 3 is 2.45 bits per heavy atom. The van der Waals surface area contributed by atoms with Crippen LogP contribution in [-0.2, 0) is 13.2 Å². The van der Waals surface area contributed by atoms with E-state index in [1.165, 1.54) is 12.1 Å². The highest BCUT2D eigenvalue weighted by Gasteiger charge is 2.13. The van der Waals surface area contributed by atoms with Gasteiger partial charge in [0.1, 0.15) is 11.6 Å². The first-order valence-electron chi connectivity index (χ1n) is 9.19. The summed E-state index contributed by atoms with van der Waals surface area (Å²) in [7, 11) is 1.85. The first kappa shape index (κ1) is 19.5. The zero-order valence-electron chi connectivity index (χ0n) is 15.8. The maximum atomic E-state index is 13.7. The summed E-state index contributed by atoms with van der Waals surface area (Å²) in [5.41, 5.74) is 3.33. The Morgan fingerprint density at radius 1 is 0.966 bits per heavy atom. The zero-order chi connectivity index (χ0) is 20.4. The van der Waals surface area contributed by atoms with Crippen molar-refractivity contribution in [3.05, 3.63) is 89.6 Å². The van der Waals surface area contributed by atoms with Gasteiger partial charge >= 0.3 is 0 Å². The van der Waals surface area contributed by atoms with Gasteiger partial charge in [0.25, 0.3) is 0 Å². The molecule has 0 spiro atoms. The second-order valence-corrected chi connectivity index (χ2v) is 7.83. The highest BCUT2D eigenvalue weighted by Crippen LogP contribution is 2.38. The maximum Gasteiger partial charge on any atom is 0.126 e. The summed E-state index contributed by atoms with van der Waals surface area (Å²) in [6.07, 6.45) is 1.99. The summed E-state index contributed by atoms with van der Waals surface area (Å²) in [5, 5.41) is 13.8. The lowest BCUT2D eigenvalue weighted by atomic mass is 10.2. The van der Waals surface area contributed by atoms with E-state index in [2.05, 4.69) is 5.32 Å². The standard InChI is InChI=1S/C23H20F2N2OS/c1-26-19-6-7-20-21(11-19)27(12-15-8-17(24)10-18(25)9-15)13-23(20)29-22-5-3-2-4-16(22)14-28/h2-11,13,26,28H,12,14H2,1H3. The molecule has 0 saturated heterocycles. The van der Waals surface area contributed by atoms with Crippen LogP contribution in [0.5, 0.6) is 0 Å². The van der Waals surface area contributed by atoms with E-state index in [4.69, 9.17) is 0 Å². The van der Waals surface area contributed by atoms with Crippen molar-refractivity contribution in [2.75, 3.05) is 12.4 Å². The molecular formula is C23H20F2N2OS. The molecule has 3 aromatic carbocycles. The number of halogens is 2. The van der Waals surface area contributed by atoms with Crippen molar-refractivity contribution in [2.24, 2.45) is 0 Å². The number of anilines is 1. The predicted molar refractivity (Wildman–Crippen MR) is 113 cm³/mol. The van der Waals surface area contributed by atoms with Gasteiger partial charge in [0, 0.05) is 46.7 Å². The van der Waals surface area contributed by atoms with Crippen LogP contribution in [-0.4, -0.2) is 16.7 Å². The fraction of sp³-hybridized carbons (Fsp3) is 0.130. The summed E-state index contributed by atoms with van der Waals surface area (Å²) in [6, 6.07) is 17.3. The van der Waals surface area contributed by atoms with Crippen LogP contribution in [0.15, 0.2) is 76.7 Å². The number of nitrogens with one attached hydrogen (secondary N) is 1. The number of hydrogen-bond acceptors (Lipinski definition) is 3. The van der Waals surface area contributed by atoms with Crippen LogP contribution in [0.2, 0.25) is 0 Å². The number of aliphatic hydroxyl groups is 1. The summed E-state index contributed by atoms with van der Waals surface area (Å²) in [5.74, 6) is -1.17. The van der Waals surface area contributed by atoms with Crippen LogP contribution in [0, 0.1) is 11.6 Å². The van der Waals surface area contributed by atoms with Gasteiger partial charge in [0.05, 0.1) is 12.1 Å². The Kier molecular flexibility index (Phi) is 5.56. The van der Waals surface area contributed by atoms with Crippen LogP contribution in [0.25, 0.3) is 10.9 Å². The molecule has 29 heavy (non-hydrogen) atoms. The van der Waals surface area contributed by atoms with E-state index < -0.39 is 11.6 Å².